The highest BCUT2D eigenvalue weighted by molar-refractivity contribution is 7.89. The van der Waals surface area contributed by atoms with Crippen LogP contribution >= 0.6 is 0 Å². The summed E-state index contributed by atoms with van der Waals surface area (Å²) in [5.41, 5.74) is 0. The average Bonchev–Trinajstić information content (AvgIpc) is 3.48. The van der Waals surface area contributed by atoms with Crippen LogP contribution in [0.25, 0.3) is 0 Å². The zero-order chi connectivity index (χ0) is 22.2. The lowest BCUT2D eigenvalue weighted by Crippen LogP contribution is -2.52. The number of likely N-dealkylation sites (tertiary alicyclic amines) is 1. The first-order valence-corrected chi connectivity index (χ1v) is 12.2. The Morgan fingerprint density at radius 1 is 1.16 bits per heavy atom. The smallest absolute Gasteiger partial charge is 0.244 e. The predicted molar refractivity (Wildman–Crippen MR) is 112 cm³/mol. The first kappa shape index (κ1) is 21.9. The molecular weight excluding hydrogens is 421 g/mol. The molecule has 168 valence electrons. The number of nitrogens with one attached hydrogen (secondary N) is 2. The van der Waals surface area contributed by atoms with Gasteiger partial charge in [-0.2, -0.15) is 9.82 Å². The molecule has 1 aromatic carbocycles. The van der Waals surface area contributed by atoms with Gasteiger partial charge >= 0.3 is 0 Å². The maximum atomic E-state index is 14.0. The van der Waals surface area contributed by atoms with Gasteiger partial charge in [0.15, 0.2) is 5.82 Å². The highest BCUT2D eigenvalue weighted by Gasteiger charge is 2.35. The molecule has 10 heteroatoms. The molecule has 2 aliphatic rings. The molecule has 2 heterocycles. The number of halogens is 1. The summed E-state index contributed by atoms with van der Waals surface area (Å²) in [4.78, 5) is 19.0. The molecular formula is C21H28FN5O3S. The number of hydrogen-bond acceptors (Lipinski definition) is 5. The molecule has 0 unspecified atom stereocenters. The summed E-state index contributed by atoms with van der Waals surface area (Å²) in [6.45, 7) is 4.56. The average molecular weight is 450 g/mol. The van der Waals surface area contributed by atoms with E-state index in [1.54, 1.807) is 18.7 Å². The Morgan fingerprint density at radius 3 is 2.45 bits per heavy atom. The van der Waals surface area contributed by atoms with Gasteiger partial charge in [0, 0.05) is 24.9 Å². The van der Waals surface area contributed by atoms with Gasteiger partial charge in [0.1, 0.15) is 22.6 Å². The van der Waals surface area contributed by atoms with Crippen molar-refractivity contribution in [2.75, 3.05) is 13.1 Å². The largest absolute Gasteiger partial charge is 0.341 e. The number of carbonyl (C=O) groups excluding carboxylic acids is 1. The van der Waals surface area contributed by atoms with Crippen molar-refractivity contribution in [3.8, 4) is 0 Å². The summed E-state index contributed by atoms with van der Waals surface area (Å²) in [5, 5.41) is 7.36. The topological polar surface area (TPSA) is 108 Å². The Bertz CT molecular complexity index is 1040. The van der Waals surface area contributed by atoms with Gasteiger partial charge in [-0.3, -0.25) is 9.89 Å². The van der Waals surface area contributed by atoms with Crippen LogP contribution in [0.1, 0.15) is 63.0 Å². The zero-order valence-electron chi connectivity index (χ0n) is 17.7. The molecule has 8 nitrogen and oxygen atoms in total. The van der Waals surface area contributed by atoms with E-state index in [0.717, 1.165) is 43.4 Å². The number of benzene rings is 1. The lowest BCUT2D eigenvalue weighted by molar-refractivity contribution is -0.135. The summed E-state index contributed by atoms with van der Waals surface area (Å²) >= 11 is 0. The summed E-state index contributed by atoms with van der Waals surface area (Å²) in [6, 6.07) is 4.19. The van der Waals surface area contributed by atoms with Crippen molar-refractivity contribution in [1.29, 1.82) is 0 Å². The van der Waals surface area contributed by atoms with E-state index in [1.807, 2.05) is 0 Å². The molecule has 4 rings (SSSR count). The Kier molecular flexibility index (Phi) is 6.11. The van der Waals surface area contributed by atoms with Gasteiger partial charge in [-0.05, 0) is 43.7 Å². The third-order valence-electron chi connectivity index (χ3n) is 6.00. The maximum absolute atomic E-state index is 14.0. The third kappa shape index (κ3) is 4.79. The molecule has 1 aromatic heterocycles. The molecule has 1 saturated heterocycles. The second-order valence-corrected chi connectivity index (χ2v) is 10.4. The van der Waals surface area contributed by atoms with Gasteiger partial charge in [-0.15, -0.1) is 0 Å². The SMILES string of the molecule is CC(C)[C@H](NS(=O)(=O)c1ccccc1F)C(=O)N1CCC(c2nc(C3CC3)n[nH]2)CC1. The van der Waals surface area contributed by atoms with Crippen molar-refractivity contribution in [2.45, 2.75) is 62.3 Å². The molecule has 1 atom stereocenters. The van der Waals surface area contributed by atoms with Crippen LogP contribution in [0.4, 0.5) is 4.39 Å². The minimum Gasteiger partial charge on any atom is -0.341 e. The van der Waals surface area contributed by atoms with Crippen LogP contribution in [0.5, 0.6) is 0 Å². The standard InChI is InChI=1S/C21H28FN5O3S/c1-13(2)18(26-31(29,30)17-6-4-3-5-16(17)22)21(28)27-11-9-15(10-12-27)20-23-19(24-25-20)14-7-8-14/h3-6,13-15,18,26H,7-12H2,1-2H3,(H,23,24,25)/t18-/m0/s1. The van der Waals surface area contributed by atoms with Crippen molar-refractivity contribution >= 4 is 15.9 Å². The molecule has 1 aliphatic heterocycles. The van der Waals surface area contributed by atoms with E-state index in [0.29, 0.717) is 19.0 Å². The predicted octanol–water partition coefficient (Wildman–Crippen LogP) is 2.53. The monoisotopic (exact) mass is 449 g/mol. The van der Waals surface area contributed by atoms with E-state index in [1.165, 1.54) is 18.2 Å². The van der Waals surface area contributed by atoms with Crippen LogP contribution in [0, 0.1) is 11.7 Å². The van der Waals surface area contributed by atoms with Gasteiger partial charge in [0.2, 0.25) is 15.9 Å². The van der Waals surface area contributed by atoms with E-state index in [9.17, 15) is 17.6 Å². The van der Waals surface area contributed by atoms with Crippen LogP contribution in [-0.4, -0.2) is 53.5 Å². The number of sulfonamides is 1. The number of nitrogens with zero attached hydrogens (tertiary/aromatic N) is 3. The second-order valence-electron chi connectivity index (χ2n) is 8.73. The quantitative estimate of drug-likeness (QED) is 0.675. The summed E-state index contributed by atoms with van der Waals surface area (Å²) in [6.07, 6.45) is 3.75. The van der Waals surface area contributed by atoms with Crippen LogP contribution in [0.3, 0.4) is 0 Å². The molecule has 2 aromatic rings. The second kappa shape index (κ2) is 8.66. The van der Waals surface area contributed by atoms with Gasteiger partial charge in [-0.25, -0.2) is 17.8 Å². The lowest BCUT2D eigenvalue weighted by atomic mass is 9.94. The molecule has 2 fully saturated rings. The van der Waals surface area contributed by atoms with Gasteiger partial charge in [0.05, 0.1) is 0 Å². The van der Waals surface area contributed by atoms with Gasteiger partial charge in [0.25, 0.3) is 0 Å². The molecule has 1 amide bonds. The Hall–Kier alpha value is -2.33. The van der Waals surface area contributed by atoms with Crippen molar-refractivity contribution in [2.24, 2.45) is 5.92 Å². The highest BCUT2D eigenvalue weighted by atomic mass is 32.2. The number of rotatable bonds is 7. The third-order valence-corrected chi connectivity index (χ3v) is 7.47. The van der Waals surface area contributed by atoms with Crippen LogP contribution in [0.2, 0.25) is 0 Å². The van der Waals surface area contributed by atoms with Crippen LogP contribution in [0.15, 0.2) is 29.2 Å². The number of aromatic amines is 1. The summed E-state index contributed by atoms with van der Waals surface area (Å²) in [7, 11) is -4.17. The van der Waals surface area contributed by atoms with Crippen molar-refractivity contribution < 1.29 is 17.6 Å². The zero-order valence-corrected chi connectivity index (χ0v) is 18.5. The number of carbonyl (C=O) groups is 1. The number of piperidine rings is 1. The van der Waals surface area contributed by atoms with Crippen molar-refractivity contribution in [3.05, 3.63) is 41.7 Å². The number of H-pyrrole nitrogens is 1. The van der Waals surface area contributed by atoms with Crippen molar-refractivity contribution in [3.63, 3.8) is 0 Å². The normalized spacial score (nSPS) is 19.0. The van der Waals surface area contributed by atoms with E-state index in [4.69, 9.17) is 0 Å². The first-order valence-electron chi connectivity index (χ1n) is 10.7. The lowest BCUT2D eigenvalue weighted by Gasteiger charge is -2.34. The fourth-order valence-electron chi connectivity index (χ4n) is 3.93. The van der Waals surface area contributed by atoms with E-state index in [2.05, 4.69) is 19.9 Å². The van der Waals surface area contributed by atoms with Crippen molar-refractivity contribution in [1.82, 2.24) is 24.8 Å². The minimum atomic E-state index is -4.17. The molecule has 1 aliphatic carbocycles. The minimum absolute atomic E-state index is 0.205. The highest BCUT2D eigenvalue weighted by Crippen LogP contribution is 2.38. The molecule has 0 spiro atoms. The van der Waals surface area contributed by atoms with E-state index < -0.39 is 26.8 Å². The summed E-state index contributed by atoms with van der Waals surface area (Å²) < 4.78 is 41.9. The Labute approximate surface area is 181 Å². The maximum Gasteiger partial charge on any atom is 0.244 e. The molecule has 31 heavy (non-hydrogen) atoms. The Balaban J connectivity index is 1.41. The molecule has 1 saturated carbocycles. The molecule has 2 N–H and O–H groups in total. The summed E-state index contributed by atoms with van der Waals surface area (Å²) in [5.74, 6) is 1.03. The number of hydrogen-bond donors (Lipinski definition) is 2. The first-order chi connectivity index (χ1) is 14.8. The molecule has 0 radical (unpaired) electrons. The van der Waals surface area contributed by atoms with E-state index >= 15 is 0 Å². The Morgan fingerprint density at radius 2 is 1.84 bits per heavy atom. The fraction of sp³-hybridized carbons (Fsp3) is 0.571. The van der Waals surface area contributed by atoms with Gasteiger partial charge in [-0.1, -0.05) is 26.0 Å². The van der Waals surface area contributed by atoms with Crippen LogP contribution < -0.4 is 4.72 Å². The number of aromatic nitrogens is 3. The molecule has 0 bridgehead atoms. The van der Waals surface area contributed by atoms with E-state index in [-0.39, 0.29) is 17.7 Å². The van der Waals surface area contributed by atoms with Gasteiger partial charge < -0.3 is 4.90 Å². The fourth-order valence-corrected chi connectivity index (χ4v) is 5.35. The number of amides is 1. The van der Waals surface area contributed by atoms with Crippen LogP contribution in [-0.2, 0) is 14.8 Å².